The molecule has 0 aliphatic carbocycles. The van der Waals surface area contributed by atoms with Crippen LogP contribution in [0.1, 0.15) is 18.9 Å². The number of hydrogen-bond acceptors (Lipinski definition) is 3. The summed E-state index contributed by atoms with van der Waals surface area (Å²) >= 11 is 0. The van der Waals surface area contributed by atoms with Gasteiger partial charge >= 0.3 is 5.97 Å². The van der Waals surface area contributed by atoms with E-state index in [0.29, 0.717) is 25.2 Å². The van der Waals surface area contributed by atoms with Crippen molar-refractivity contribution in [1.82, 2.24) is 4.90 Å². The third-order valence-corrected chi connectivity index (χ3v) is 2.72. The smallest absolute Gasteiger partial charge is 0.306 e. The number of methoxy groups -OCH3 is 1. The zero-order chi connectivity index (χ0) is 13.5. The molecule has 0 unspecified atom stereocenters. The van der Waals surface area contributed by atoms with E-state index in [-0.39, 0.29) is 12.4 Å². The SMILES string of the molecule is CCN(CCC(=O)OC)Cc1ccc(F)cc1F. The first-order valence-electron chi connectivity index (χ1n) is 5.80. The molecule has 0 atom stereocenters. The highest BCUT2D eigenvalue weighted by molar-refractivity contribution is 5.69. The summed E-state index contributed by atoms with van der Waals surface area (Å²) in [7, 11) is 1.33. The van der Waals surface area contributed by atoms with Gasteiger partial charge in [0, 0.05) is 24.7 Å². The largest absolute Gasteiger partial charge is 0.469 e. The molecule has 1 aromatic rings. The summed E-state index contributed by atoms with van der Waals surface area (Å²) in [5, 5.41) is 0. The van der Waals surface area contributed by atoms with E-state index in [1.165, 1.54) is 19.2 Å². The van der Waals surface area contributed by atoms with Gasteiger partial charge in [0.1, 0.15) is 11.6 Å². The third-order valence-electron chi connectivity index (χ3n) is 2.72. The van der Waals surface area contributed by atoms with Crippen molar-refractivity contribution in [2.45, 2.75) is 19.9 Å². The van der Waals surface area contributed by atoms with Gasteiger partial charge in [-0.25, -0.2) is 8.78 Å². The molecule has 0 aliphatic rings. The first-order valence-corrected chi connectivity index (χ1v) is 5.80. The Balaban J connectivity index is 2.59. The standard InChI is InChI=1S/C13H17F2NO2/c1-3-16(7-6-13(17)18-2)9-10-4-5-11(14)8-12(10)15/h4-5,8H,3,6-7,9H2,1-2H3. The van der Waals surface area contributed by atoms with Crippen LogP contribution in [0, 0.1) is 11.6 Å². The molecule has 1 aromatic carbocycles. The fraction of sp³-hybridized carbons (Fsp3) is 0.462. The zero-order valence-corrected chi connectivity index (χ0v) is 10.6. The number of carbonyl (C=O) groups excluding carboxylic acids is 1. The number of benzene rings is 1. The molecule has 0 heterocycles. The minimum absolute atomic E-state index is 0.257. The Morgan fingerprint density at radius 2 is 2.11 bits per heavy atom. The maximum absolute atomic E-state index is 13.5. The topological polar surface area (TPSA) is 29.5 Å². The van der Waals surface area contributed by atoms with Gasteiger partial charge in [0.25, 0.3) is 0 Å². The highest BCUT2D eigenvalue weighted by Gasteiger charge is 2.10. The quantitative estimate of drug-likeness (QED) is 0.733. The molecule has 0 saturated heterocycles. The van der Waals surface area contributed by atoms with Crippen molar-refractivity contribution in [3.63, 3.8) is 0 Å². The van der Waals surface area contributed by atoms with Gasteiger partial charge in [-0.3, -0.25) is 9.69 Å². The molecule has 0 aromatic heterocycles. The number of ether oxygens (including phenoxy) is 1. The van der Waals surface area contributed by atoms with Crippen LogP contribution in [0.5, 0.6) is 0 Å². The molecule has 0 spiro atoms. The van der Waals surface area contributed by atoms with Crippen LogP contribution in [-0.4, -0.2) is 31.1 Å². The van der Waals surface area contributed by atoms with E-state index in [1.54, 1.807) is 0 Å². The van der Waals surface area contributed by atoms with Gasteiger partial charge in [0.2, 0.25) is 0 Å². The third kappa shape index (κ3) is 4.41. The lowest BCUT2D eigenvalue weighted by Crippen LogP contribution is -2.26. The highest BCUT2D eigenvalue weighted by Crippen LogP contribution is 2.12. The summed E-state index contributed by atoms with van der Waals surface area (Å²) in [5.74, 6) is -1.45. The van der Waals surface area contributed by atoms with Crippen LogP contribution in [0.25, 0.3) is 0 Å². The van der Waals surface area contributed by atoms with Gasteiger partial charge in [0.15, 0.2) is 0 Å². The zero-order valence-electron chi connectivity index (χ0n) is 10.6. The summed E-state index contributed by atoms with van der Waals surface area (Å²) in [6, 6.07) is 3.52. The van der Waals surface area contributed by atoms with E-state index < -0.39 is 11.6 Å². The van der Waals surface area contributed by atoms with Crippen LogP contribution < -0.4 is 0 Å². The number of esters is 1. The number of halogens is 2. The van der Waals surface area contributed by atoms with Crippen LogP contribution in [0.3, 0.4) is 0 Å². The monoisotopic (exact) mass is 257 g/mol. The lowest BCUT2D eigenvalue weighted by Gasteiger charge is -2.20. The Morgan fingerprint density at radius 3 is 2.67 bits per heavy atom. The second-order valence-corrected chi connectivity index (χ2v) is 3.93. The minimum atomic E-state index is -0.589. The van der Waals surface area contributed by atoms with Gasteiger partial charge in [-0.05, 0) is 12.6 Å². The highest BCUT2D eigenvalue weighted by atomic mass is 19.1. The van der Waals surface area contributed by atoms with Gasteiger partial charge in [-0.15, -0.1) is 0 Å². The first-order chi connectivity index (χ1) is 8.56. The molecule has 0 saturated carbocycles. The van der Waals surface area contributed by atoms with Crippen molar-refractivity contribution >= 4 is 5.97 Å². The summed E-state index contributed by atoms with van der Waals surface area (Å²) in [5.41, 5.74) is 0.420. The Hall–Kier alpha value is -1.49. The predicted octanol–water partition coefficient (Wildman–Crippen LogP) is 2.35. The van der Waals surface area contributed by atoms with E-state index in [1.807, 2.05) is 11.8 Å². The molecule has 100 valence electrons. The van der Waals surface area contributed by atoms with Gasteiger partial charge in [-0.1, -0.05) is 13.0 Å². The summed E-state index contributed by atoms with van der Waals surface area (Å²) in [6.45, 7) is 3.42. The van der Waals surface area contributed by atoms with Crippen LogP contribution in [0.4, 0.5) is 8.78 Å². The maximum atomic E-state index is 13.5. The summed E-state index contributed by atoms with van der Waals surface area (Å²) < 4.78 is 30.8. The van der Waals surface area contributed by atoms with E-state index >= 15 is 0 Å². The average Bonchev–Trinajstić information content (AvgIpc) is 2.36. The van der Waals surface area contributed by atoms with E-state index in [0.717, 1.165) is 6.07 Å². The molecule has 3 nitrogen and oxygen atoms in total. The summed E-state index contributed by atoms with van der Waals surface area (Å²) in [4.78, 5) is 12.9. The molecule has 18 heavy (non-hydrogen) atoms. The molecule has 0 aliphatic heterocycles. The first kappa shape index (κ1) is 14.6. The Kier molecular flexibility index (Phi) is 5.71. The minimum Gasteiger partial charge on any atom is -0.469 e. The fourth-order valence-electron chi connectivity index (χ4n) is 1.59. The van der Waals surface area contributed by atoms with Crippen LogP contribution >= 0.6 is 0 Å². The number of hydrogen-bond donors (Lipinski definition) is 0. The Morgan fingerprint density at radius 1 is 1.39 bits per heavy atom. The molecule has 0 N–H and O–H groups in total. The molecule has 0 fully saturated rings. The van der Waals surface area contributed by atoms with Crippen LogP contribution in [0.2, 0.25) is 0 Å². The average molecular weight is 257 g/mol. The van der Waals surface area contributed by atoms with Gasteiger partial charge in [0.05, 0.1) is 13.5 Å². The van der Waals surface area contributed by atoms with E-state index in [2.05, 4.69) is 4.74 Å². The predicted molar refractivity (Wildman–Crippen MR) is 63.9 cm³/mol. The van der Waals surface area contributed by atoms with E-state index in [9.17, 15) is 13.6 Å². The molecular formula is C13H17F2NO2. The maximum Gasteiger partial charge on any atom is 0.306 e. The van der Waals surface area contributed by atoms with Crippen molar-refractivity contribution in [3.8, 4) is 0 Å². The molecular weight excluding hydrogens is 240 g/mol. The Labute approximate surface area is 105 Å². The second kappa shape index (κ2) is 7.06. The van der Waals surface area contributed by atoms with Crippen molar-refractivity contribution < 1.29 is 18.3 Å². The molecule has 0 amide bonds. The van der Waals surface area contributed by atoms with Crippen molar-refractivity contribution in [2.24, 2.45) is 0 Å². The fourth-order valence-corrected chi connectivity index (χ4v) is 1.59. The second-order valence-electron chi connectivity index (χ2n) is 3.93. The van der Waals surface area contributed by atoms with Crippen LogP contribution in [0.15, 0.2) is 18.2 Å². The number of rotatable bonds is 6. The van der Waals surface area contributed by atoms with Crippen molar-refractivity contribution in [1.29, 1.82) is 0 Å². The normalized spacial score (nSPS) is 10.7. The lowest BCUT2D eigenvalue weighted by atomic mass is 10.2. The molecule has 0 bridgehead atoms. The summed E-state index contributed by atoms with van der Waals surface area (Å²) in [6.07, 6.45) is 0.257. The van der Waals surface area contributed by atoms with Crippen molar-refractivity contribution in [3.05, 3.63) is 35.4 Å². The number of nitrogens with zero attached hydrogens (tertiary/aromatic N) is 1. The molecule has 0 radical (unpaired) electrons. The van der Waals surface area contributed by atoms with E-state index in [4.69, 9.17) is 0 Å². The Bertz CT molecular complexity index is 410. The molecule has 5 heteroatoms. The van der Waals surface area contributed by atoms with Gasteiger partial charge in [-0.2, -0.15) is 0 Å². The van der Waals surface area contributed by atoms with Gasteiger partial charge < -0.3 is 4.74 Å². The molecule has 1 rings (SSSR count). The lowest BCUT2D eigenvalue weighted by molar-refractivity contribution is -0.141. The van der Waals surface area contributed by atoms with Crippen molar-refractivity contribution in [2.75, 3.05) is 20.2 Å². The number of carbonyl (C=O) groups is 1. The van der Waals surface area contributed by atoms with Crippen LogP contribution in [-0.2, 0) is 16.1 Å².